The van der Waals surface area contributed by atoms with E-state index in [0.29, 0.717) is 6.04 Å². The van der Waals surface area contributed by atoms with Gasteiger partial charge in [-0.2, -0.15) is 5.26 Å². The summed E-state index contributed by atoms with van der Waals surface area (Å²) in [6.07, 6.45) is 6.04. The van der Waals surface area contributed by atoms with Crippen LogP contribution in [0.2, 0.25) is 0 Å². The molecule has 1 atom stereocenters. The Morgan fingerprint density at radius 3 is 3.17 bits per heavy atom. The number of hydrogen-bond acceptors (Lipinski definition) is 4. The Balaban J connectivity index is 1.71. The summed E-state index contributed by atoms with van der Waals surface area (Å²) in [6.45, 7) is 0.728. The second-order valence-corrected chi connectivity index (χ2v) is 5.51. The van der Waals surface area contributed by atoms with Gasteiger partial charge < -0.3 is 4.57 Å². The first-order chi connectivity index (χ1) is 8.88. The Labute approximate surface area is 110 Å². The second-order valence-electron chi connectivity index (χ2n) is 4.48. The monoisotopic (exact) mass is 258 g/mol. The van der Waals surface area contributed by atoms with Gasteiger partial charge in [0.1, 0.15) is 6.04 Å². The van der Waals surface area contributed by atoms with Gasteiger partial charge in [-0.15, -0.1) is 11.3 Å². The summed E-state index contributed by atoms with van der Waals surface area (Å²) in [7, 11) is 0. The molecule has 2 heterocycles. The van der Waals surface area contributed by atoms with Gasteiger partial charge in [0.25, 0.3) is 0 Å². The van der Waals surface area contributed by atoms with Crippen molar-refractivity contribution >= 4 is 11.3 Å². The van der Waals surface area contributed by atoms with Crippen molar-refractivity contribution in [2.75, 3.05) is 0 Å². The van der Waals surface area contributed by atoms with Crippen LogP contribution in [0.3, 0.4) is 0 Å². The highest BCUT2D eigenvalue weighted by molar-refractivity contribution is 7.09. The second kappa shape index (κ2) is 4.92. The average molecular weight is 258 g/mol. The van der Waals surface area contributed by atoms with Crippen molar-refractivity contribution in [3.05, 3.63) is 40.6 Å². The standard InChI is InChI=1S/C13H14N4S/c14-6-12(16-7-11-2-1-5-18-11)13-8-15-9-17(13)10-3-4-10/h1-2,5,8-10,12,16H,3-4,7H2. The largest absolute Gasteiger partial charge is 0.329 e. The Morgan fingerprint density at radius 2 is 2.50 bits per heavy atom. The van der Waals surface area contributed by atoms with E-state index in [4.69, 9.17) is 0 Å². The Bertz CT molecular complexity index is 548. The molecule has 1 N–H and O–H groups in total. The predicted octanol–water partition coefficient (Wildman–Crippen LogP) is 2.63. The topological polar surface area (TPSA) is 53.6 Å². The first kappa shape index (κ1) is 11.5. The lowest BCUT2D eigenvalue weighted by Gasteiger charge is -2.13. The van der Waals surface area contributed by atoms with Crippen molar-refractivity contribution < 1.29 is 0 Å². The lowest BCUT2D eigenvalue weighted by Crippen LogP contribution is -2.21. The zero-order valence-corrected chi connectivity index (χ0v) is 10.7. The summed E-state index contributed by atoms with van der Waals surface area (Å²) < 4.78 is 2.13. The van der Waals surface area contributed by atoms with E-state index in [2.05, 4.69) is 27.0 Å². The van der Waals surface area contributed by atoms with Crippen molar-refractivity contribution in [1.29, 1.82) is 5.26 Å². The van der Waals surface area contributed by atoms with Gasteiger partial charge in [0.15, 0.2) is 0 Å². The van der Waals surface area contributed by atoms with Crippen LogP contribution in [0.15, 0.2) is 30.0 Å². The third-order valence-corrected chi connectivity index (χ3v) is 4.00. The van der Waals surface area contributed by atoms with Gasteiger partial charge >= 0.3 is 0 Å². The number of imidazole rings is 1. The minimum absolute atomic E-state index is 0.282. The molecule has 5 heteroatoms. The average Bonchev–Trinajstić information content (AvgIpc) is 2.92. The molecule has 0 bridgehead atoms. The Hall–Kier alpha value is -1.64. The van der Waals surface area contributed by atoms with Crippen LogP contribution in [-0.2, 0) is 6.54 Å². The normalized spacial score (nSPS) is 16.4. The fraction of sp³-hybridized carbons (Fsp3) is 0.385. The molecule has 4 nitrogen and oxygen atoms in total. The molecule has 0 aliphatic heterocycles. The van der Waals surface area contributed by atoms with Crippen LogP contribution in [0.4, 0.5) is 0 Å². The molecule has 1 fully saturated rings. The molecule has 1 aliphatic carbocycles. The van der Waals surface area contributed by atoms with E-state index < -0.39 is 0 Å². The molecule has 1 saturated carbocycles. The first-order valence-corrected chi connectivity index (χ1v) is 6.93. The summed E-state index contributed by atoms with van der Waals surface area (Å²) in [5.41, 5.74) is 0.983. The summed E-state index contributed by atoms with van der Waals surface area (Å²) in [6, 6.07) is 6.70. The van der Waals surface area contributed by atoms with Crippen molar-refractivity contribution in [1.82, 2.24) is 14.9 Å². The van der Waals surface area contributed by atoms with E-state index >= 15 is 0 Å². The van der Waals surface area contributed by atoms with Crippen molar-refractivity contribution in [2.24, 2.45) is 0 Å². The Kier molecular flexibility index (Phi) is 3.13. The van der Waals surface area contributed by atoms with Crippen LogP contribution in [0, 0.1) is 11.3 Å². The molecule has 0 aromatic carbocycles. The molecule has 18 heavy (non-hydrogen) atoms. The van der Waals surface area contributed by atoms with E-state index in [-0.39, 0.29) is 6.04 Å². The molecule has 0 radical (unpaired) electrons. The smallest absolute Gasteiger partial charge is 0.138 e. The van der Waals surface area contributed by atoms with Crippen molar-refractivity contribution in [2.45, 2.75) is 31.5 Å². The fourth-order valence-electron chi connectivity index (χ4n) is 2.03. The molecule has 2 aromatic rings. The molecule has 92 valence electrons. The third-order valence-electron chi connectivity index (χ3n) is 3.12. The van der Waals surface area contributed by atoms with Crippen LogP contribution >= 0.6 is 11.3 Å². The van der Waals surface area contributed by atoms with E-state index in [9.17, 15) is 5.26 Å². The number of aromatic nitrogens is 2. The summed E-state index contributed by atoms with van der Waals surface area (Å²) in [5, 5.41) is 14.6. The molecular weight excluding hydrogens is 244 g/mol. The van der Waals surface area contributed by atoms with Crippen LogP contribution < -0.4 is 5.32 Å². The quantitative estimate of drug-likeness (QED) is 0.897. The number of nitriles is 1. The minimum Gasteiger partial charge on any atom is -0.329 e. The van der Waals surface area contributed by atoms with Crippen LogP contribution in [0.25, 0.3) is 0 Å². The third kappa shape index (κ3) is 2.30. The zero-order chi connectivity index (χ0) is 12.4. The molecule has 0 saturated heterocycles. The maximum atomic E-state index is 9.30. The predicted molar refractivity (Wildman–Crippen MR) is 70.0 cm³/mol. The molecule has 1 aliphatic rings. The van der Waals surface area contributed by atoms with E-state index in [1.165, 1.54) is 17.7 Å². The Morgan fingerprint density at radius 1 is 1.61 bits per heavy atom. The lowest BCUT2D eigenvalue weighted by atomic mass is 10.2. The lowest BCUT2D eigenvalue weighted by molar-refractivity contribution is 0.576. The van der Waals surface area contributed by atoms with Crippen LogP contribution in [0.5, 0.6) is 0 Å². The summed E-state index contributed by atoms with van der Waals surface area (Å²) >= 11 is 1.70. The minimum atomic E-state index is -0.282. The van der Waals surface area contributed by atoms with Crippen LogP contribution in [0.1, 0.15) is 35.5 Å². The number of thiophene rings is 1. The molecule has 0 spiro atoms. The number of hydrogen-bond donors (Lipinski definition) is 1. The molecule has 1 unspecified atom stereocenters. The van der Waals surface area contributed by atoms with E-state index in [1.54, 1.807) is 17.5 Å². The van der Waals surface area contributed by atoms with Gasteiger partial charge in [0, 0.05) is 17.5 Å². The molecular formula is C13H14N4S. The fourth-order valence-corrected chi connectivity index (χ4v) is 2.68. The van der Waals surface area contributed by atoms with Gasteiger partial charge in [-0.05, 0) is 24.3 Å². The molecule has 2 aromatic heterocycles. The first-order valence-electron chi connectivity index (χ1n) is 6.05. The maximum absolute atomic E-state index is 9.30. The zero-order valence-electron chi connectivity index (χ0n) is 9.91. The van der Waals surface area contributed by atoms with E-state index in [0.717, 1.165) is 12.2 Å². The summed E-state index contributed by atoms with van der Waals surface area (Å²) in [4.78, 5) is 5.41. The number of nitrogens with zero attached hydrogens (tertiary/aromatic N) is 3. The van der Waals surface area contributed by atoms with Crippen LogP contribution in [-0.4, -0.2) is 9.55 Å². The highest BCUT2D eigenvalue weighted by Gasteiger charge is 2.27. The van der Waals surface area contributed by atoms with Crippen molar-refractivity contribution in [3.63, 3.8) is 0 Å². The van der Waals surface area contributed by atoms with Gasteiger partial charge in [-0.25, -0.2) is 4.98 Å². The van der Waals surface area contributed by atoms with Gasteiger partial charge in [-0.3, -0.25) is 5.32 Å². The number of rotatable bonds is 5. The maximum Gasteiger partial charge on any atom is 0.138 e. The highest BCUT2D eigenvalue weighted by Crippen LogP contribution is 2.36. The van der Waals surface area contributed by atoms with Gasteiger partial charge in [-0.1, -0.05) is 6.07 Å². The summed E-state index contributed by atoms with van der Waals surface area (Å²) in [5.74, 6) is 0. The van der Waals surface area contributed by atoms with Gasteiger partial charge in [0.05, 0.1) is 24.3 Å². The molecule has 0 amide bonds. The van der Waals surface area contributed by atoms with Crippen molar-refractivity contribution in [3.8, 4) is 6.07 Å². The highest BCUT2D eigenvalue weighted by atomic mass is 32.1. The SMILES string of the molecule is N#CC(NCc1cccs1)c1cncn1C1CC1. The number of nitrogens with one attached hydrogen (secondary N) is 1. The van der Waals surface area contributed by atoms with E-state index in [1.807, 2.05) is 17.8 Å². The molecule has 3 rings (SSSR count). The van der Waals surface area contributed by atoms with Gasteiger partial charge in [0.2, 0.25) is 0 Å².